The topological polar surface area (TPSA) is 123 Å². The summed E-state index contributed by atoms with van der Waals surface area (Å²) in [7, 11) is -3.39. The van der Waals surface area contributed by atoms with E-state index < -0.39 is 9.84 Å². The van der Waals surface area contributed by atoms with E-state index in [0.717, 1.165) is 43.6 Å². The minimum atomic E-state index is -3.39. The first-order valence-electron chi connectivity index (χ1n) is 11.3. The molecule has 174 valence electrons. The average Bonchev–Trinajstić information content (AvgIpc) is 3.39. The zero-order chi connectivity index (χ0) is 23.1. The minimum absolute atomic E-state index is 0.286. The van der Waals surface area contributed by atoms with E-state index in [0.29, 0.717) is 30.2 Å². The van der Waals surface area contributed by atoms with Gasteiger partial charge < -0.3 is 5.32 Å². The van der Waals surface area contributed by atoms with E-state index in [1.165, 1.54) is 0 Å². The fraction of sp³-hybridized carbons (Fsp3) is 0.435. The van der Waals surface area contributed by atoms with Crippen molar-refractivity contribution in [2.45, 2.75) is 54.8 Å². The van der Waals surface area contributed by atoms with Gasteiger partial charge >= 0.3 is 0 Å². The lowest BCUT2D eigenvalue weighted by molar-refractivity contribution is 0.138. The van der Waals surface area contributed by atoms with Crippen LogP contribution in [0.1, 0.15) is 37.7 Å². The number of hydrogen-bond donors (Lipinski definition) is 3. The lowest BCUT2D eigenvalue weighted by Crippen LogP contribution is -2.45. The highest BCUT2D eigenvalue weighted by Crippen LogP contribution is 2.31. The van der Waals surface area contributed by atoms with Gasteiger partial charge in [0, 0.05) is 37.2 Å². The fourth-order valence-electron chi connectivity index (χ4n) is 4.43. The van der Waals surface area contributed by atoms with Crippen LogP contribution >= 0.6 is 0 Å². The number of pyridine rings is 1. The molecule has 0 radical (unpaired) electrons. The first-order valence-corrected chi connectivity index (χ1v) is 12.8. The van der Waals surface area contributed by atoms with Crippen molar-refractivity contribution >= 4 is 21.5 Å². The second-order valence-corrected chi connectivity index (χ2v) is 10.6. The van der Waals surface area contributed by atoms with Gasteiger partial charge in [0.1, 0.15) is 0 Å². The van der Waals surface area contributed by atoms with Gasteiger partial charge in [-0.25, -0.2) is 18.4 Å². The van der Waals surface area contributed by atoms with Crippen molar-refractivity contribution in [3.63, 3.8) is 0 Å². The number of hydrazine groups is 1. The van der Waals surface area contributed by atoms with E-state index in [9.17, 15) is 8.42 Å². The van der Waals surface area contributed by atoms with Crippen molar-refractivity contribution < 1.29 is 8.42 Å². The van der Waals surface area contributed by atoms with E-state index >= 15 is 0 Å². The lowest BCUT2D eigenvalue weighted by atomic mass is 9.94. The number of aliphatic imine (C=N–C) groups is 1. The summed E-state index contributed by atoms with van der Waals surface area (Å²) in [6.07, 6.45) is 9.62. The number of aromatic nitrogens is 1. The SMILES string of the molecule is N#CNC(=NCc1ccc(S(=O)(=O)C2CCCC(N3CCCN3)C2)cc1)Nc1ccncc1. The Morgan fingerprint density at radius 2 is 1.97 bits per heavy atom. The van der Waals surface area contributed by atoms with Gasteiger partial charge in [-0.3, -0.25) is 15.7 Å². The van der Waals surface area contributed by atoms with Crippen LogP contribution in [-0.2, 0) is 16.4 Å². The Hall–Kier alpha value is -3.00. The van der Waals surface area contributed by atoms with Crippen molar-refractivity contribution in [2.24, 2.45) is 4.99 Å². The predicted octanol–water partition coefficient (Wildman–Crippen LogP) is 2.42. The molecular formula is C23H29N7O2S. The van der Waals surface area contributed by atoms with Gasteiger partial charge in [-0.2, -0.15) is 5.26 Å². The van der Waals surface area contributed by atoms with Crippen molar-refractivity contribution in [1.29, 1.82) is 5.26 Å². The minimum Gasteiger partial charge on any atom is -0.325 e. The standard InChI is InChI=1S/C23H29N7O2S/c24-17-27-23(29-19-9-12-25-13-10-19)26-16-18-5-7-21(8-6-18)33(31,32)22-4-1-3-20(15-22)30-14-2-11-28-30/h5-10,12-13,20,22,28H,1-4,11,14-16H2,(H2,25,26,27,29). The lowest BCUT2D eigenvalue weighted by Gasteiger charge is -2.34. The number of nitriles is 1. The molecule has 2 atom stereocenters. The highest BCUT2D eigenvalue weighted by Gasteiger charge is 2.35. The molecule has 0 spiro atoms. The van der Waals surface area contributed by atoms with E-state index in [1.54, 1.807) is 48.8 Å². The first-order chi connectivity index (χ1) is 16.1. The number of rotatable bonds is 6. The highest BCUT2D eigenvalue weighted by atomic mass is 32.2. The van der Waals surface area contributed by atoms with Crippen LogP contribution in [0.15, 0.2) is 58.7 Å². The Kier molecular flexibility index (Phi) is 7.54. The number of anilines is 1. The summed E-state index contributed by atoms with van der Waals surface area (Å²) in [5, 5.41) is 16.4. The molecule has 9 nitrogen and oxygen atoms in total. The van der Waals surface area contributed by atoms with E-state index in [4.69, 9.17) is 5.26 Å². The third-order valence-electron chi connectivity index (χ3n) is 6.16. The summed E-state index contributed by atoms with van der Waals surface area (Å²) >= 11 is 0. The molecule has 2 aliphatic rings. The maximum atomic E-state index is 13.3. The van der Waals surface area contributed by atoms with Gasteiger partial charge in [0.05, 0.1) is 16.7 Å². The summed E-state index contributed by atoms with van der Waals surface area (Å²) in [5.41, 5.74) is 4.99. The Balaban J connectivity index is 1.41. The van der Waals surface area contributed by atoms with Gasteiger partial charge in [0.15, 0.2) is 16.0 Å². The molecule has 33 heavy (non-hydrogen) atoms. The smallest absolute Gasteiger partial charge is 0.209 e. The number of sulfone groups is 1. The maximum Gasteiger partial charge on any atom is 0.209 e. The van der Waals surface area contributed by atoms with Gasteiger partial charge in [0.2, 0.25) is 5.96 Å². The summed E-state index contributed by atoms with van der Waals surface area (Å²) in [4.78, 5) is 8.72. The number of hydrogen-bond acceptors (Lipinski definition) is 7. The molecule has 2 aromatic rings. The molecule has 4 rings (SSSR count). The van der Waals surface area contributed by atoms with Crippen molar-refractivity contribution in [3.8, 4) is 6.19 Å². The monoisotopic (exact) mass is 467 g/mol. The molecule has 1 aliphatic heterocycles. The molecule has 2 fully saturated rings. The average molecular weight is 468 g/mol. The quantitative estimate of drug-likeness (QED) is 0.256. The third-order valence-corrected chi connectivity index (χ3v) is 8.39. The fourth-order valence-corrected chi connectivity index (χ4v) is 6.28. The first kappa shape index (κ1) is 23.2. The predicted molar refractivity (Wildman–Crippen MR) is 127 cm³/mol. The van der Waals surface area contributed by atoms with Crippen LogP contribution in [-0.4, -0.2) is 48.8 Å². The normalized spacial score (nSPS) is 22.0. The molecule has 0 bridgehead atoms. The van der Waals surface area contributed by atoms with Crippen molar-refractivity contribution in [1.82, 2.24) is 20.7 Å². The molecule has 2 unspecified atom stereocenters. The Bertz CT molecular complexity index is 1090. The van der Waals surface area contributed by atoms with Crippen molar-refractivity contribution in [3.05, 3.63) is 54.4 Å². The summed E-state index contributed by atoms with van der Waals surface area (Å²) in [6.45, 7) is 2.27. The van der Waals surface area contributed by atoms with Crippen LogP contribution in [0.25, 0.3) is 0 Å². The summed E-state index contributed by atoms with van der Waals surface area (Å²) in [6, 6.07) is 10.7. The van der Waals surface area contributed by atoms with Crippen molar-refractivity contribution in [2.75, 3.05) is 18.4 Å². The molecule has 1 saturated heterocycles. The number of nitrogens with zero attached hydrogens (tertiary/aromatic N) is 4. The number of nitrogens with one attached hydrogen (secondary N) is 3. The summed E-state index contributed by atoms with van der Waals surface area (Å²) < 4.78 is 26.6. The van der Waals surface area contributed by atoms with Gasteiger partial charge in [-0.1, -0.05) is 18.6 Å². The van der Waals surface area contributed by atoms with Gasteiger partial charge in [0.25, 0.3) is 0 Å². The summed E-state index contributed by atoms with van der Waals surface area (Å²) in [5.74, 6) is 0.309. The van der Waals surface area contributed by atoms with Crippen LogP contribution in [0, 0.1) is 11.5 Å². The van der Waals surface area contributed by atoms with E-state index in [-0.39, 0.29) is 11.3 Å². The number of benzene rings is 1. The molecule has 10 heteroatoms. The largest absolute Gasteiger partial charge is 0.325 e. The molecule has 1 saturated carbocycles. The number of guanidine groups is 1. The third kappa shape index (κ3) is 5.87. The second-order valence-electron chi connectivity index (χ2n) is 8.35. The molecule has 1 aliphatic carbocycles. The van der Waals surface area contributed by atoms with Crippen LogP contribution in [0.3, 0.4) is 0 Å². The highest BCUT2D eigenvalue weighted by molar-refractivity contribution is 7.92. The molecule has 1 aromatic carbocycles. The van der Waals surface area contributed by atoms with Crippen LogP contribution in [0.2, 0.25) is 0 Å². The molecule has 2 heterocycles. The molecule has 3 N–H and O–H groups in total. The van der Waals surface area contributed by atoms with Crippen LogP contribution in [0.5, 0.6) is 0 Å². The molecular weight excluding hydrogens is 438 g/mol. The molecule has 0 amide bonds. The zero-order valence-electron chi connectivity index (χ0n) is 18.4. The Morgan fingerprint density at radius 1 is 1.18 bits per heavy atom. The molecule has 1 aromatic heterocycles. The van der Waals surface area contributed by atoms with Gasteiger partial charge in [-0.05, 0) is 55.5 Å². The van der Waals surface area contributed by atoms with Crippen LogP contribution in [0.4, 0.5) is 5.69 Å². The Morgan fingerprint density at radius 3 is 2.67 bits per heavy atom. The zero-order valence-corrected chi connectivity index (χ0v) is 19.3. The second kappa shape index (κ2) is 10.7. The van der Waals surface area contributed by atoms with E-state index in [2.05, 4.69) is 31.0 Å². The Labute approximate surface area is 194 Å². The van der Waals surface area contributed by atoms with Gasteiger partial charge in [-0.15, -0.1) is 0 Å². The maximum absolute atomic E-state index is 13.3. The van der Waals surface area contributed by atoms with E-state index in [1.807, 2.05) is 6.19 Å². The van der Waals surface area contributed by atoms with Crippen LogP contribution < -0.4 is 16.1 Å².